The largest absolute Gasteiger partial charge is 0.356 e. The Bertz CT molecular complexity index is 484. The predicted molar refractivity (Wildman–Crippen MR) is 75.4 cm³/mol. The smallest absolute Gasteiger partial charge is 0.269 e. The summed E-state index contributed by atoms with van der Waals surface area (Å²) in [6.07, 6.45) is 2.33. The summed E-state index contributed by atoms with van der Waals surface area (Å²) in [5.74, 6) is 0.560. The Hall–Kier alpha value is -1.95. The van der Waals surface area contributed by atoms with Crippen molar-refractivity contribution >= 4 is 11.6 Å². The Morgan fingerprint density at radius 1 is 1.50 bits per heavy atom. The molecule has 0 radical (unpaired) electrons. The van der Waals surface area contributed by atoms with Crippen LogP contribution in [-0.2, 0) is 11.2 Å². The van der Waals surface area contributed by atoms with E-state index < -0.39 is 4.92 Å². The Kier molecular flexibility index (Phi) is 5.06. The van der Waals surface area contributed by atoms with E-state index >= 15 is 0 Å². The van der Waals surface area contributed by atoms with Crippen molar-refractivity contribution in [1.82, 2.24) is 10.6 Å². The van der Waals surface area contributed by atoms with E-state index in [-0.39, 0.29) is 18.0 Å². The number of rotatable bonds is 6. The maximum atomic E-state index is 11.8. The molecule has 1 aromatic carbocycles. The molecule has 6 nitrogen and oxygen atoms in total. The molecule has 1 aliphatic rings. The first-order valence-corrected chi connectivity index (χ1v) is 6.86. The van der Waals surface area contributed by atoms with Gasteiger partial charge < -0.3 is 10.6 Å². The number of hydrogen-bond acceptors (Lipinski definition) is 4. The van der Waals surface area contributed by atoms with Crippen LogP contribution in [0.25, 0.3) is 0 Å². The first-order valence-electron chi connectivity index (χ1n) is 6.86. The summed E-state index contributed by atoms with van der Waals surface area (Å²) in [5.41, 5.74) is 0.687. The van der Waals surface area contributed by atoms with Crippen molar-refractivity contribution in [2.24, 2.45) is 5.92 Å². The van der Waals surface area contributed by atoms with Crippen LogP contribution in [0.1, 0.15) is 18.4 Å². The average molecular weight is 277 g/mol. The van der Waals surface area contributed by atoms with Crippen molar-refractivity contribution in [1.29, 1.82) is 0 Å². The summed E-state index contributed by atoms with van der Waals surface area (Å²) in [6, 6.07) is 6.20. The van der Waals surface area contributed by atoms with Crippen LogP contribution in [-0.4, -0.2) is 30.5 Å². The van der Waals surface area contributed by atoms with Gasteiger partial charge in [-0.2, -0.15) is 0 Å². The van der Waals surface area contributed by atoms with Crippen molar-refractivity contribution in [3.8, 4) is 0 Å². The molecular weight excluding hydrogens is 258 g/mol. The summed E-state index contributed by atoms with van der Waals surface area (Å²) >= 11 is 0. The monoisotopic (exact) mass is 277 g/mol. The predicted octanol–water partition coefficient (Wildman–Crippen LogP) is 1.25. The van der Waals surface area contributed by atoms with Crippen LogP contribution >= 0.6 is 0 Å². The zero-order valence-corrected chi connectivity index (χ0v) is 11.3. The van der Waals surface area contributed by atoms with Gasteiger partial charge in [-0.1, -0.05) is 12.1 Å². The van der Waals surface area contributed by atoms with Crippen molar-refractivity contribution in [3.63, 3.8) is 0 Å². The van der Waals surface area contributed by atoms with Gasteiger partial charge in [-0.3, -0.25) is 14.9 Å². The Morgan fingerprint density at radius 2 is 2.35 bits per heavy atom. The van der Waals surface area contributed by atoms with Gasteiger partial charge in [0.2, 0.25) is 5.91 Å². The first-order chi connectivity index (χ1) is 9.65. The highest BCUT2D eigenvalue weighted by molar-refractivity contribution is 5.78. The number of non-ortho nitro benzene ring substituents is 1. The number of carbonyl (C=O) groups is 1. The molecule has 1 aliphatic heterocycles. The van der Waals surface area contributed by atoms with Gasteiger partial charge in [0.1, 0.15) is 0 Å². The number of carbonyl (C=O) groups excluding carboxylic acids is 1. The SMILES string of the molecule is O=C(Cc1cccc([N+](=O)[O-])c1)NCCC1CCNC1. The van der Waals surface area contributed by atoms with E-state index in [2.05, 4.69) is 10.6 Å². The highest BCUT2D eigenvalue weighted by Gasteiger charge is 2.14. The summed E-state index contributed by atoms with van der Waals surface area (Å²) in [5, 5.41) is 16.8. The third-order valence-electron chi connectivity index (χ3n) is 3.52. The Balaban J connectivity index is 1.76. The molecule has 1 amide bonds. The minimum Gasteiger partial charge on any atom is -0.356 e. The number of nitrogens with one attached hydrogen (secondary N) is 2. The van der Waals surface area contributed by atoms with Crippen LogP contribution in [0.5, 0.6) is 0 Å². The highest BCUT2D eigenvalue weighted by atomic mass is 16.6. The fraction of sp³-hybridized carbons (Fsp3) is 0.500. The molecule has 0 aromatic heterocycles. The molecule has 0 bridgehead atoms. The lowest BCUT2D eigenvalue weighted by molar-refractivity contribution is -0.384. The summed E-state index contributed by atoms with van der Waals surface area (Å²) < 4.78 is 0. The number of amides is 1. The van der Waals surface area contributed by atoms with Gasteiger partial charge in [0, 0.05) is 18.7 Å². The molecule has 1 aromatic rings. The fourth-order valence-electron chi connectivity index (χ4n) is 2.40. The van der Waals surface area contributed by atoms with Crippen LogP contribution in [0.3, 0.4) is 0 Å². The number of nitro benzene ring substituents is 1. The summed E-state index contributed by atoms with van der Waals surface area (Å²) in [7, 11) is 0. The lowest BCUT2D eigenvalue weighted by atomic mass is 10.1. The molecule has 108 valence electrons. The minimum absolute atomic E-state index is 0.0207. The molecule has 1 fully saturated rings. The zero-order valence-electron chi connectivity index (χ0n) is 11.3. The van der Waals surface area contributed by atoms with E-state index in [9.17, 15) is 14.9 Å². The molecule has 20 heavy (non-hydrogen) atoms. The van der Waals surface area contributed by atoms with E-state index in [0.29, 0.717) is 18.0 Å². The number of benzene rings is 1. The van der Waals surface area contributed by atoms with Crippen LogP contribution in [0.4, 0.5) is 5.69 Å². The number of nitro groups is 1. The number of nitrogens with zero attached hydrogens (tertiary/aromatic N) is 1. The lowest BCUT2D eigenvalue weighted by Crippen LogP contribution is -2.27. The maximum absolute atomic E-state index is 11.8. The van der Waals surface area contributed by atoms with Gasteiger partial charge >= 0.3 is 0 Å². The first kappa shape index (κ1) is 14.5. The van der Waals surface area contributed by atoms with Crippen molar-refractivity contribution < 1.29 is 9.72 Å². The standard InChI is InChI=1S/C14H19N3O3/c18-14(16-7-5-11-4-6-15-10-11)9-12-2-1-3-13(8-12)17(19)20/h1-3,8,11,15H,4-7,9-10H2,(H,16,18). The average Bonchev–Trinajstić information content (AvgIpc) is 2.92. The second-order valence-electron chi connectivity index (χ2n) is 5.10. The summed E-state index contributed by atoms with van der Waals surface area (Å²) in [4.78, 5) is 22.0. The molecule has 1 atom stereocenters. The fourth-order valence-corrected chi connectivity index (χ4v) is 2.40. The van der Waals surface area contributed by atoms with E-state index in [1.165, 1.54) is 18.6 Å². The molecule has 0 saturated carbocycles. The third kappa shape index (κ3) is 4.31. The van der Waals surface area contributed by atoms with E-state index in [1.54, 1.807) is 12.1 Å². The van der Waals surface area contributed by atoms with E-state index in [1.807, 2.05) is 0 Å². The third-order valence-corrected chi connectivity index (χ3v) is 3.52. The highest BCUT2D eigenvalue weighted by Crippen LogP contribution is 2.14. The van der Waals surface area contributed by atoms with Gasteiger partial charge in [0.15, 0.2) is 0 Å². The Morgan fingerprint density at radius 3 is 3.05 bits per heavy atom. The Labute approximate surface area is 117 Å². The van der Waals surface area contributed by atoms with Crippen molar-refractivity contribution in [3.05, 3.63) is 39.9 Å². The molecule has 2 N–H and O–H groups in total. The van der Waals surface area contributed by atoms with Crippen molar-refractivity contribution in [2.45, 2.75) is 19.3 Å². The van der Waals surface area contributed by atoms with E-state index in [0.717, 1.165) is 19.5 Å². The maximum Gasteiger partial charge on any atom is 0.269 e. The molecule has 0 aliphatic carbocycles. The minimum atomic E-state index is -0.450. The van der Waals surface area contributed by atoms with Gasteiger partial charge in [0.05, 0.1) is 11.3 Å². The zero-order chi connectivity index (χ0) is 14.4. The van der Waals surface area contributed by atoms with Crippen LogP contribution < -0.4 is 10.6 Å². The van der Waals surface area contributed by atoms with Crippen molar-refractivity contribution in [2.75, 3.05) is 19.6 Å². The molecule has 2 rings (SSSR count). The molecule has 6 heteroatoms. The van der Waals surface area contributed by atoms with Crippen LogP contribution in [0.2, 0.25) is 0 Å². The second-order valence-corrected chi connectivity index (χ2v) is 5.10. The summed E-state index contributed by atoms with van der Waals surface area (Å²) in [6.45, 7) is 2.76. The molecule has 1 unspecified atom stereocenters. The van der Waals surface area contributed by atoms with Gasteiger partial charge in [0.25, 0.3) is 5.69 Å². The normalized spacial score (nSPS) is 17.9. The molecular formula is C14H19N3O3. The van der Waals surface area contributed by atoms with Gasteiger partial charge in [-0.05, 0) is 37.4 Å². The molecule has 1 saturated heterocycles. The topological polar surface area (TPSA) is 84.3 Å². The van der Waals surface area contributed by atoms with Crippen LogP contribution in [0.15, 0.2) is 24.3 Å². The lowest BCUT2D eigenvalue weighted by Gasteiger charge is -2.09. The second kappa shape index (κ2) is 7.00. The molecule has 1 heterocycles. The number of hydrogen-bond donors (Lipinski definition) is 2. The van der Waals surface area contributed by atoms with E-state index in [4.69, 9.17) is 0 Å². The van der Waals surface area contributed by atoms with Crippen LogP contribution in [0, 0.1) is 16.0 Å². The molecule has 0 spiro atoms. The van der Waals surface area contributed by atoms with Gasteiger partial charge in [-0.25, -0.2) is 0 Å². The van der Waals surface area contributed by atoms with Gasteiger partial charge in [-0.15, -0.1) is 0 Å². The quantitative estimate of drug-likeness (QED) is 0.605.